The first-order valence-electron chi connectivity index (χ1n) is 16.5. The van der Waals surface area contributed by atoms with Crippen molar-refractivity contribution in [3.8, 4) is 28.3 Å². The van der Waals surface area contributed by atoms with Gasteiger partial charge in [0.15, 0.2) is 5.65 Å². The molecule has 10 heteroatoms. The van der Waals surface area contributed by atoms with Gasteiger partial charge in [-0.2, -0.15) is 14.6 Å². The van der Waals surface area contributed by atoms with E-state index in [9.17, 15) is 0 Å². The zero-order chi connectivity index (χ0) is 31.9. The van der Waals surface area contributed by atoms with Crippen LogP contribution in [0.15, 0.2) is 60.9 Å². The second-order valence-electron chi connectivity index (χ2n) is 14.7. The fourth-order valence-corrected chi connectivity index (χ4v) is 6.89. The highest BCUT2D eigenvalue weighted by Crippen LogP contribution is 2.32. The van der Waals surface area contributed by atoms with Crippen molar-refractivity contribution >= 4 is 27.6 Å². The number of hydrogen-bond acceptors (Lipinski definition) is 7. The van der Waals surface area contributed by atoms with E-state index in [1.165, 1.54) is 19.3 Å². The van der Waals surface area contributed by atoms with Crippen molar-refractivity contribution in [3.05, 3.63) is 60.9 Å². The zero-order valence-electron chi connectivity index (χ0n) is 28.1. The van der Waals surface area contributed by atoms with Crippen molar-refractivity contribution < 1.29 is 14.2 Å². The smallest absolute Gasteiger partial charge is 0.219 e. The summed E-state index contributed by atoms with van der Waals surface area (Å²) < 4.78 is 21.0. The Labute approximate surface area is 271 Å². The molecule has 1 saturated carbocycles. The van der Waals surface area contributed by atoms with E-state index in [4.69, 9.17) is 29.3 Å². The fourth-order valence-electron chi connectivity index (χ4n) is 5.38. The SMILES string of the molecule is C[Si](C)(C)CCOCN(COCC[Si](C)(C)C)c1cc(OC2CCCCC2)nc2c(-c3ccc(-c4ccccc4)nc3)cnn12. The summed E-state index contributed by atoms with van der Waals surface area (Å²) >= 11 is 0. The summed E-state index contributed by atoms with van der Waals surface area (Å²) in [5.41, 5.74) is 4.63. The summed E-state index contributed by atoms with van der Waals surface area (Å²) in [5, 5.41) is 4.85. The van der Waals surface area contributed by atoms with E-state index in [1.54, 1.807) is 0 Å². The van der Waals surface area contributed by atoms with Crippen molar-refractivity contribution in [2.45, 2.75) is 89.6 Å². The highest BCUT2D eigenvalue weighted by Gasteiger charge is 2.23. The van der Waals surface area contributed by atoms with E-state index in [0.717, 1.165) is 72.0 Å². The molecule has 3 aromatic heterocycles. The zero-order valence-corrected chi connectivity index (χ0v) is 30.1. The molecule has 1 fully saturated rings. The number of nitrogens with zero attached hydrogens (tertiary/aromatic N) is 5. The molecule has 8 nitrogen and oxygen atoms in total. The van der Waals surface area contributed by atoms with E-state index in [0.29, 0.717) is 19.3 Å². The Kier molecular flexibility index (Phi) is 11.1. The minimum atomic E-state index is -1.22. The monoisotopic (exact) mass is 645 g/mol. The van der Waals surface area contributed by atoms with Crippen LogP contribution in [0.1, 0.15) is 32.1 Å². The molecule has 0 bridgehead atoms. The molecule has 0 unspecified atom stereocenters. The molecule has 0 N–H and O–H groups in total. The Morgan fingerprint density at radius 2 is 1.47 bits per heavy atom. The highest BCUT2D eigenvalue weighted by molar-refractivity contribution is 6.76. The topological polar surface area (TPSA) is 74.0 Å². The minimum absolute atomic E-state index is 0.175. The van der Waals surface area contributed by atoms with Crippen LogP contribution in [0.25, 0.3) is 28.0 Å². The summed E-state index contributed by atoms with van der Waals surface area (Å²) in [6.07, 6.45) is 9.74. The van der Waals surface area contributed by atoms with Gasteiger partial charge in [0, 0.05) is 58.3 Å². The molecule has 3 heterocycles. The summed E-state index contributed by atoms with van der Waals surface area (Å²) in [6, 6.07) is 18.6. The lowest BCUT2D eigenvalue weighted by atomic mass is 9.98. The van der Waals surface area contributed by atoms with Gasteiger partial charge in [-0.1, -0.05) is 82.1 Å². The van der Waals surface area contributed by atoms with E-state index in [2.05, 4.69) is 68.4 Å². The van der Waals surface area contributed by atoms with Crippen molar-refractivity contribution in [1.29, 1.82) is 0 Å². The van der Waals surface area contributed by atoms with Gasteiger partial charge in [0.05, 0.1) is 11.9 Å². The van der Waals surface area contributed by atoms with E-state index < -0.39 is 16.1 Å². The third-order valence-corrected chi connectivity index (χ3v) is 11.6. The van der Waals surface area contributed by atoms with Gasteiger partial charge in [0.2, 0.25) is 5.88 Å². The van der Waals surface area contributed by atoms with E-state index in [1.807, 2.05) is 41.2 Å². The first-order chi connectivity index (χ1) is 21.6. The number of hydrogen-bond donors (Lipinski definition) is 0. The summed E-state index contributed by atoms with van der Waals surface area (Å²) in [6.45, 7) is 16.5. The molecule has 5 rings (SSSR count). The van der Waals surface area contributed by atoms with Crippen molar-refractivity contribution in [2.24, 2.45) is 0 Å². The number of ether oxygens (including phenoxy) is 3. The summed E-state index contributed by atoms with van der Waals surface area (Å²) in [4.78, 5) is 12.0. The van der Waals surface area contributed by atoms with Gasteiger partial charge in [-0.05, 0) is 43.8 Å². The van der Waals surface area contributed by atoms with Crippen LogP contribution in [-0.2, 0) is 9.47 Å². The molecule has 4 aromatic rings. The van der Waals surface area contributed by atoms with Crippen LogP contribution in [0, 0.1) is 0 Å². The largest absolute Gasteiger partial charge is 0.474 e. The maximum absolute atomic E-state index is 6.57. The Bertz CT molecular complexity index is 1470. The Balaban J connectivity index is 1.48. The number of benzene rings is 1. The molecular weight excluding hydrogens is 595 g/mol. The second kappa shape index (κ2) is 15.0. The van der Waals surface area contributed by atoms with Gasteiger partial charge in [-0.3, -0.25) is 4.98 Å². The summed E-state index contributed by atoms with van der Waals surface area (Å²) in [5.74, 6) is 1.47. The Hall–Kier alpha value is -3.06. The van der Waals surface area contributed by atoms with Crippen LogP contribution >= 0.6 is 0 Å². The molecule has 242 valence electrons. The minimum Gasteiger partial charge on any atom is -0.474 e. The van der Waals surface area contributed by atoms with Gasteiger partial charge in [-0.25, -0.2) is 0 Å². The lowest BCUT2D eigenvalue weighted by molar-refractivity contribution is 0.0940. The lowest BCUT2D eigenvalue weighted by Crippen LogP contribution is -2.33. The standard InChI is InChI=1S/C35H51N5O3Si2/c1-44(2,3)21-19-41-26-39(27-42-20-22-45(4,5)6)34-23-33(43-30-15-11-8-12-16-30)38-35-31(25-37-40(34)35)29-17-18-32(36-24-29)28-13-9-7-10-14-28/h7,9-10,13-14,17-18,23-25,30H,8,11-12,15-16,19-22,26-27H2,1-6H3. The van der Waals surface area contributed by atoms with Crippen LogP contribution in [0.3, 0.4) is 0 Å². The molecule has 0 radical (unpaired) electrons. The second-order valence-corrected chi connectivity index (χ2v) is 25.9. The molecule has 45 heavy (non-hydrogen) atoms. The number of fused-ring (bicyclic) bond motifs is 1. The molecule has 0 saturated heterocycles. The number of rotatable bonds is 15. The predicted molar refractivity (Wildman–Crippen MR) is 190 cm³/mol. The van der Waals surface area contributed by atoms with Crippen LogP contribution in [-0.4, -0.2) is 68.5 Å². The van der Waals surface area contributed by atoms with Crippen LogP contribution in [0.5, 0.6) is 5.88 Å². The molecule has 0 atom stereocenters. The van der Waals surface area contributed by atoms with Crippen molar-refractivity contribution in [1.82, 2.24) is 19.6 Å². The number of aromatic nitrogens is 4. The van der Waals surface area contributed by atoms with Crippen molar-refractivity contribution in [3.63, 3.8) is 0 Å². The van der Waals surface area contributed by atoms with E-state index in [-0.39, 0.29) is 6.10 Å². The van der Waals surface area contributed by atoms with Crippen LogP contribution < -0.4 is 9.64 Å². The Morgan fingerprint density at radius 1 is 0.800 bits per heavy atom. The Morgan fingerprint density at radius 3 is 2.07 bits per heavy atom. The van der Waals surface area contributed by atoms with Gasteiger partial charge >= 0.3 is 0 Å². The van der Waals surface area contributed by atoms with Gasteiger partial charge in [-0.15, -0.1) is 0 Å². The maximum Gasteiger partial charge on any atom is 0.219 e. The first-order valence-corrected chi connectivity index (χ1v) is 23.9. The van der Waals surface area contributed by atoms with Gasteiger partial charge in [0.1, 0.15) is 25.4 Å². The molecular formula is C35H51N5O3Si2. The van der Waals surface area contributed by atoms with Gasteiger partial charge in [0.25, 0.3) is 0 Å². The predicted octanol–water partition coefficient (Wildman–Crippen LogP) is 8.60. The molecule has 0 aliphatic heterocycles. The third-order valence-electron chi connectivity index (χ3n) is 8.22. The average Bonchev–Trinajstić information content (AvgIpc) is 3.44. The van der Waals surface area contributed by atoms with E-state index >= 15 is 0 Å². The molecule has 0 spiro atoms. The lowest BCUT2D eigenvalue weighted by Gasteiger charge is -2.27. The number of pyridine rings is 1. The quantitative estimate of drug-likeness (QED) is 0.0728. The van der Waals surface area contributed by atoms with Crippen LogP contribution in [0.2, 0.25) is 51.4 Å². The molecule has 1 aromatic carbocycles. The molecule has 1 aliphatic carbocycles. The molecule has 0 amide bonds. The van der Waals surface area contributed by atoms with Gasteiger partial charge < -0.3 is 19.1 Å². The maximum atomic E-state index is 6.57. The van der Waals surface area contributed by atoms with Crippen LogP contribution in [0.4, 0.5) is 5.82 Å². The first kappa shape index (κ1) is 33.3. The molecule has 1 aliphatic rings. The normalized spacial score (nSPS) is 14.6. The average molecular weight is 646 g/mol. The fraction of sp³-hybridized carbons (Fsp3) is 0.514. The van der Waals surface area contributed by atoms with Crippen molar-refractivity contribution in [2.75, 3.05) is 31.6 Å². The number of anilines is 1. The summed E-state index contributed by atoms with van der Waals surface area (Å²) in [7, 11) is -2.44. The highest BCUT2D eigenvalue weighted by atomic mass is 28.3. The third kappa shape index (κ3) is 9.72.